The lowest BCUT2D eigenvalue weighted by atomic mass is 10.0. The van der Waals surface area contributed by atoms with E-state index in [2.05, 4.69) is 33.4 Å². The summed E-state index contributed by atoms with van der Waals surface area (Å²) in [4.78, 5) is 4.15. The molecule has 0 atom stereocenters. The molecule has 2 heterocycles. The molecule has 2 aromatic carbocycles. The molecule has 6 heteroatoms. The highest BCUT2D eigenvalue weighted by molar-refractivity contribution is 5.92. The van der Waals surface area contributed by atoms with Crippen LogP contribution in [0, 0.1) is 0 Å². The second-order valence-corrected chi connectivity index (χ2v) is 6.32. The molecule has 0 amide bonds. The van der Waals surface area contributed by atoms with Crippen LogP contribution in [0.4, 0.5) is 5.82 Å². The molecule has 4 rings (SSSR count). The maximum atomic E-state index is 5.67. The molecule has 0 aliphatic heterocycles. The van der Waals surface area contributed by atoms with Crippen molar-refractivity contribution in [3.8, 4) is 22.6 Å². The predicted molar refractivity (Wildman–Crippen MR) is 112 cm³/mol. The monoisotopic (exact) mass is 372 g/mol. The first-order chi connectivity index (χ1) is 13.7. The molecule has 28 heavy (non-hydrogen) atoms. The van der Waals surface area contributed by atoms with Crippen molar-refractivity contribution in [1.29, 1.82) is 0 Å². The van der Waals surface area contributed by atoms with E-state index in [-0.39, 0.29) is 0 Å². The molecule has 0 bridgehead atoms. The van der Waals surface area contributed by atoms with Crippen molar-refractivity contribution in [1.82, 2.24) is 15.2 Å². The Morgan fingerprint density at radius 3 is 2.32 bits per heavy atom. The van der Waals surface area contributed by atoms with Crippen molar-refractivity contribution in [2.45, 2.75) is 0 Å². The third-order valence-corrected chi connectivity index (χ3v) is 4.52. The van der Waals surface area contributed by atoms with Gasteiger partial charge in [0.25, 0.3) is 0 Å². The molecule has 0 spiro atoms. The normalized spacial score (nSPS) is 11.2. The molecule has 6 nitrogen and oxygen atoms in total. The van der Waals surface area contributed by atoms with Crippen molar-refractivity contribution >= 4 is 28.9 Å². The number of methoxy groups -OCH3 is 2. The zero-order chi connectivity index (χ0) is 19.5. The van der Waals surface area contributed by atoms with E-state index in [4.69, 9.17) is 15.2 Å². The van der Waals surface area contributed by atoms with E-state index in [1.165, 1.54) is 0 Å². The Morgan fingerprint density at radius 2 is 1.64 bits per heavy atom. The number of nitrogen functional groups attached to an aromatic ring is 1. The van der Waals surface area contributed by atoms with Crippen molar-refractivity contribution in [3.05, 3.63) is 66.0 Å². The second-order valence-electron chi connectivity index (χ2n) is 6.32. The quantitative estimate of drug-likeness (QED) is 0.542. The van der Waals surface area contributed by atoms with Gasteiger partial charge in [-0.25, -0.2) is 4.98 Å². The lowest BCUT2D eigenvalue weighted by Crippen LogP contribution is -1.88. The molecular formula is C22H20N4O2. The smallest absolute Gasteiger partial charge is 0.123 e. The maximum Gasteiger partial charge on any atom is 0.123 e. The van der Waals surface area contributed by atoms with Gasteiger partial charge in [-0.3, -0.25) is 5.10 Å². The summed E-state index contributed by atoms with van der Waals surface area (Å²) >= 11 is 0. The molecule has 0 unspecified atom stereocenters. The van der Waals surface area contributed by atoms with Crippen LogP contribution in [0.15, 0.2) is 54.7 Å². The van der Waals surface area contributed by atoms with Gasteiger partial charge in [-0.2, -0.15) is 5.10 Å². The number of H-pyrrole nitrogens is 1. The second kappa shape index (κ2) is 7.44. The molecule has 140 valence electrons. The van der Waals surface area contributed by atoms with Gasteiger partial charge >= 0.3 is 0 Å². The highest BCUT2D eigenvalue weighted by Gasteiger charge is 2.06. The number of fused-ring (bicyclic) bond motifs is 1. The molecule has 0 aliphatic carbocycles. The molecule has 0 fully saturated rings. The number of aromatic amines is 1. The number of aromatic nitrogens is 3. The van der Waals surface area contributed by atoms with E-state index in [9.17, 15) is 0 Å². The molecular weight excluding hydrogens is 352 g/mol. The Labute approximate surface area is 162 Å². The molecule has 0 saturated heterocycles. The Kier molecular flexibility index (Phi) is 4.68. The van der Waals surface area contributed by atoms with E-state index >= 15 is 0 Å². The van der Waals surface area contributed by atoms with Crippen molar-refractivity contribution < 1.29 is 9.47 Å². The number of rotatable bonds is 5. The van der Waals surface area contributed by atoms with Crippen molar-refractivity contribution in [2.75, 3.05) is 20.0 Å². The number of anilines is 1. The van der Waals surface area contributed by atoms with Crippen molar-refractivity contribution in [2.24, 2.45) is 0 Å². The number of benzene rings is 2. The summed E-state index contributed by atoms with van der Waals surface area (Å²) in [6, 6.07) is 15.6. The Hall–Kier alpha value is -3.80. The third-order valence-electron chi connectivity index (χ3n) is 4.52. The number of nitrogens with zero attached hydrogens (tertiary/aromatic N) is 2. The van der Waals surface area contributed by atoms with Crippen LogP contribution in [0.1, 0.15) is 11.3 Å². The third kappa shape index (κ3) is 3.53. The Morgan fingerprint density at radius 1 is 0.893 bits per heavy atom. The Bertz CT molecular complexity index is 1120. The maximum absolute atomic E-state index is 5.67. The van der Waals surface area contributed by atoms with Gasteiger partial charge in [0, 0.05) is 23.2 Å². The number of pyridine rings is 1. The van der Waals surface area contributed by atoms with Gasteiger partial charge in [-0.05, 0) is 53.6 Å². The largest absolute Gasteiger partial charge is 0.497 e. The fraction of sp³-hybridized carbons (Fsp3) is 0.0909. The molecule has 4 aromatic rings. The topological polar surface area (TPSA) is 86.0 Å². The van der Waals surface area contributed by atoms with Crippen LogP contribution in [0.2, 0.25) is 0 Å². The summed E-state index contributed by atoms with van der Waals surface area (Å²) in [5.41, 5.74) is 10.5. The van der Waals surface area contributed by atoms with Crippen LogP contribution < -0.4 is 15.2 Å². The van der Waals surface area contributed by atoms with E-state index in [1.54, 1.807) is 26.5 Å². The van der Waals surface area contributed by atoms with E-state index < -0.39 is 0 Å². The van der Waals surface area contributed by atoms with Gasteiger partial charge in [0.1, 0.15) is 17.3 Å². The minimum Gasteiger partial charge on any atom is -0.497 e. The minimum absolute atomic E-state index is 0.507. The Balaban J connectivity index is 1.65. The summed E-state index contributed by atoms with van der Waals surface area (Å²) in [6.07, 6.45) is 5.72. The summed E-state index contributed by atoms with van der Waals surface area (Å²) in [7, 11) is 3.27. The molecule has 0 radical (unpaired) electrons. The van der Waals surface area contributed by atoms with Gasteiger partial charge in [-0.1, -0.05) is 12.1 Å². The summed E-state index contributed by atoms with van der Waals surface area (Å²) in [5.74, 6) is 1.99. The number of ether oxygens (including phenoxy) is 2. The van der Waals surface area contributed by atoms with Crippen LogP contribution >= 0.6 is 0 Å². The zero-order valence-electron chi connectivity index (χ0n) is 15.6. The van der Waals surface area contributed by atoms with E-state index in [0.29, 0.717) is 5.82 Å². The average molecular weight is 372 g/mol. The van der Waals surface area contributed by atoms with Crippen LogP contribution in [-0.4, -0.2) is 29.4 Å². The minimum atomic E-state index is 0.507. The van der Waals surface area contributed by atoms with Gasteiger partial charge in [0.15, 0.2) is 0 Å². The fourth-order valence-corrected chi connectivity index (χ4v) is 3.02. The van der Waals surface area contributed by atoms with Crippen LogP contribution in [0.3, 0.4) is 0 Å². The lowest BCUT2D eigenvalue weighted by Gasteiger charge is -2.05. The highest BCUT2D eigenvalue weighted by atomic mass is 16.5. The average Bonchev–Trinajstić information content (AvgIpc) is 3.14. The van der Waals surface area contributed by atoms with Gasteiger partial charge in [-0.15, -0.1) is 0 Å². The molecule has 0 aliphatic rings. The van der Waals surface area contributed by atoms with Gasteiger partial charge in [0.2, 0.25) is 0 Å². The number of nitrogens with one attached hydrogen (secondary N) is 1. The SMILES string of the molecule is COc1cc(/C=C/c2n[nH]c3cc(-c4ccc(N)nc4)ccc23)cc(OC)c1. The molecule has 3 N–H and O–H groups in total. The van der Waals surface area contributed by atoms with Gasteiger partial charge < -0.3 is 15.2 Å². The van der Waals surface area contributed by atoms with Crippen LogP contribution in [0.25, 0.3) is 34.2 Å². The number of hydrogen-bond donors (Lipinski definition) is 2. The number of nitrogens with two attached hydrogens (primary N) is 1. The fourth-order valence-electron chi connectivity index (χ4n) is 3.02. The highest BCUT2D eigenvalue weighted by Crippen LogP contribution is 2.27. The summed E-state index contributed by atoms with van der Waals surface area (Å²) in [5, 5.41) is 8.57. The summed E-state index contributed by atoms with van der Waals surface area (Å²) in [6.45, 7) is 0. The first-order valence-corrected chi connectivity index (χ1v) is 8.77. The zero-order valence-corrected chi connectivity index (χ0v) is 15.6. The van der Waals surface area contributed by atoms with Crippen LogP contribution in [0.5, 0.6) is 11.5 Å². The number of hydrogen-bond acceptors (Lipinski definition) is 5. The van der Waals surface area contributed by atoms with Crippen molar-refractivity contribution in [3.63, 3.8) is 0 Å². The molecule has 0 saturated carbocycles. The lowest BCUT2D eigenvalue weighted by molar-refractivity contribution is 0.394. The summed E-state index contributed by atoms with van der Waals surface area (Å²) < 4.78 is 10.6. The van der Waals surface area contributed by atoms with Gasteiger partial charge in [0.05, 0.1) is 25.4 Å². The van der Waals surface area contributed by atoms with Crippen LogP contribution in [-0.2, 0) is 0 Å². The van der Waals surface area contributed by atoms with E-state index in [0.717, 1.165) is 44.8 Å². The first kappa shape index (κ1) is 17.6. The first-order valence-electron chi connectivity index (χ1n) is 8.77. The predicted octanol–water partition coefficient (Wildman–Crippen LogP) is 4.39. The molecule has 2 aromatic heterocycles. The standard InChI is InChI=1S/C22H20N4O2/c1-27-17-9-14(10-18(12-17)28-2)3-7-20-19-6-4-15(11-21(19)26-25-20)16-5-8-22(23)24-13-16/h3-13H,1-2H3,(H2,23,24)(H,25,26)/b7-3+. The van der Waals surface area contributed by atoms with E-state index in [1.807, 2.05) is 36.4 Å².